The number of nitrogens with one attached hydrogen (secondary N) is 1. The van der Waals surface area contributed by atoms with Gasteiger partial charge in [-0.15, -0.1) is 0 Å². The molecule has 21 heavy (non-hydrogen) atoms. The van der Waals surface area contributed by atoms with E-state index in [4.69, 9.17) is 0 Å². The average molecular weight is 311 g/mol. The number of nitrogens with zero attached hydrogens (tertiary/aromatic N) is 2. The van der Waals surface area contributed by atoms with Crippen LogP contribution < -0.4 is 5.32 Å². The van der Waals surface area contributed by atoms with Crippen LogP contribution in [0.5, 0.6) is 0 Å². The SMILES string of the molecule is O=[N+]([O-])c1ccccc1S(=O)(=O)N1CCC2CCNCC21. The van der Waals surface area contributed by atoms with Gasteiger partial charge in [0.25, 0.3) is 5.69 Å². The minimum atomic E-state index is -3.83. The number of para-hydroxylation sites is 1. The molecule has 114 valence electrons. The van der Waals surface area contributed by atoms with Crippen LogP contribution >= 0.6 is 0 Å². The number of hydrogen-bond acceptors (Lipinski definition) is 5. The van der Waals surface area contributed by atoms with Crippen LogP contribution in [0.1, 0.15) is 12.8 Å². The number of benzene rings is 1. The lowest BCUT2D eigenvalue weighted by Crippen LogP contribution is -2.47. The zero-order valence-electron chi connectivity index (χ0n) is 11.4. The molecule has 2 aliphatic heterocycles. The summed E-state index contributed by atoms with van der Waals surface area (Å²) in [6.45, 7) is 1.95. The summed E-state index contributed by atoms with van der Waals surface area (Å²) in [7, 11) is -3.83. The molecule has 8 heteroatoms. The standard InChI is InChI=1S/C13H17N3O4S/c17-16(18)11-3-1-2-4-13(11)21(19,20)15-8-6-10-5-7-14-9-12(10)15/h1-4,10,12,14H,5-9H2. The third-order valence-electron chi connectivity index (χ3n) is 4.33. The van der Waals surface area contributed by atoms with Crippen LogP contribution in [0.3, 0.4) is 0 Å². The number of nitro benzene ring substituents is 1. The highest BCUT2D eigenvalue weighted by molar-refractivity contribution is 7.89. The molecule has 7 nitrogen and oxygen atoms in total. The summed E-state index contributed by atoms with van der Waals surface area (Å²) in [5, 5.41) is 14.3. The molecule has 0 aliphatic carbocycles. The van der Waals surface area contributed by atoms with Crippen LogP contribution in [-0.2, 0) is 10.0 Å². The number of sulfonamides is 1. The van der Waals surface area contributed by atoms with Gasteiger partial charge in [-0.05, 0) is 31.4 Å². The molecule has 2 atom stereocenters. The van der Waals surface area contributed by atoms with Crippen LogP contribution in [0.4, 0.5) is 5.69 Å². The first-order valence-corrected chi connectivity index (χ1v) is 8.42. The molecule has 0 amide bonds. The minimum Gasteiger partial charge on any atom is -0.315 e. The van der Waals surface area contributed by atoms with Gasteiger partial charge in [-0.1, -0.05) is 12.1 Å². The van der Waals surface area contributed by atoms with E-state index in [0.717, 1.165) is 19.4 Å². The van der Waals surface area contributed by atoms with Crippen LogP contribution in [0.2, 0.25) is 0 Å². The van der Waals surface area contributed by atoms with Crippen molar-refractivity contribution in [2.75, 3.05) is 19.6 Å². The van der Waals surface area contributed by atoms with Gasteiger partial charge in [0.05, 0.1) is 4.92 Å². The van der Waals surface area contributed by atoms with Crippen molar-refractivity contribution < 1.29 is 13.3 Å². The molecule has 2 saturated heterocycles. The molecule has 0 spiro atoms. The molecule has 2 aliphatic rings. The summed E-state index contributed by atoms with van der Waals surface area (Å²) in [6, 6.07) is 5.46. The summed E-state index contributed by atoms with van der Waals surface area (Å²) in [4.78, 5) is 10.2. The molecule has 0 aromatic heterocycles. The van der Waals surface area contributed by atoms with Crippen molar-refractivity contribution >= 4 is 15.7 Å². The quantitative estimate of drug-likeness (QED) is 0.663. The molecule has 2 fully saturated rings. The first-order valence-electron chi connectivity index (χ1n) is 6.98. The van der Waals surface area contributed by atoms with E-state index in [0.29, 0.717) is 19.0 Å². The summed E-state index contributed by atoms with van der Waals surface area (Å²) in [5.74, 6) is 0.351. The summed E-state index contributed by atoms with van der Waals surface area (Å²) < 4.78 is 27.1. The Labute approximate surface area is 123 Å². The third kappa shape index (κ3) is 2.43. The second-order valence-corrected chi connectivity index (χ2v) is 7.31. The molecule has 2 heterocycles. The summed E-state index contributed by atoms with van der Waals surface area (Å²) in [6.07, 6.45) is 1.78. The zero-order valence-corrected chi connectivity index (χ0v) is 12.3. The third-order valence-corrected chi connectivity index (χ3v) is 6.30. The van der Waals surface area contributed by atoms with Gasteiger partial charge in [-0.2, -0.15) is 4.31 Å². The molecule has 2 unspecified atom stereocenters. The number of piperidine rings is 1. The zero-order chi connectivity index (χ0) is 15.0. The predicted octanol–water partition coefficient (Wildman–Crippen LogP) is 0.967. The summed E-state index contributed by atoms with van der Waals surface area (Å²) in [5.41, 5.74) is -0.357. The van der Waals surface area contributed by atoms with E-state index in [1.54, 1.807) is 0 Å². The van der Waals surface area contributed by atoms with E-state index in [-0.39, 0.29) is 16.6 Å². The molecule has 3 rings (SSSR count). The smallest absolute Gasteiger partial charge is 0.289 e. The predicted molar refractivity (Wildman–Crippen MR) is 76.4 cm³/mol. The molecule has 0 radical (unpaired) electrons. The Hall–Kier alpha value is -1.51. The van der Waals surface area contributed by atoms with E-state index in [1.165, 1.54) is 28.6 Å². The Morgan fingerprint density at radius 1 is 1.29 bits per heavy atom. The fourth-order valence-corrected chi connectivity index (χ4v) is 5.14. The fourth-order valence-electron chi connectivity index (χ4n) is 3.28. The van der Waals surface area contributed by atoms with Crippen LogP contribution in [0.25, 0.3) is 0 Å². The van der Waals surface area contributed by atoms with Crippen molar-refractivity contribution in [3.05, 3.63) is 34.4 Å². The highest BCUT2D eigenvalue weighted by Crippen LogP contribution is 2.35. The minimum absolute atomic E-state index is 0.0939. The maximum atomic E-state index is 12.8. The fraction of sp³-hybridized carbons (Fsp3) is 0.538. The highest BCUT2D eigenvalue weighted by atomic mass is 32.2. The summed E-state index contributed by atoms with van der Waals surface area (Å²) >= 11 is 0. The van der Waals surface area contributed by atoms with E-state index in [2.05, 4.69) is 5.32 Å². The second kappa shape index (κ2) is 5.36. The van der Waals surface area contributed by atoms with Crippen LogP contribution in [0.15, 0.2) is 29.2 Å². The Bertz CT molecular complexity index is 661. The molecule has 0 saturated carbocycles. The molecular weight excluding hydrogens is 294 g/mol. The first kappa shape index (κ1) is 14.4. The number of nitro groups is 1. The van der Waals surface area contributed by atoms with Gasteiger partial charge in [0.2, 0.25) is 10.0 Å². The molecule has 0 bridgehead atoms. The van der Waals surface area contributed by atoms with Crippen molar-refractivity contribution in [3.63, 3.8) is 0 Å². The molecule has 1 aromatic rings. The van der Waals surface area contributed by atoms with E-state index in [1.807, 2.05) is 0 Å². The molecular formula is C13H17N3O4S. The lowest BCUT2D eigenvalue weighted by Gasteiger charge is -2.31. The van der Waals surface area contributed by atoms with E-state index < -0.39 is 14.9 Å². The van der Waals surface area contributed by atoms with E-state index >= 15 is 0 Å². The van der Waals surface area contributed by atoms with E-state index in [9.17, 15) is 18.5 Å². The van der Waals surface area contributed by atoms with Crippen LogP contribution in [-0.4, -0.2) is 43.3 Å². The van der Waals surface area contributed by atoms with Crippen molar-refractivity contribution in [2.24, 2.45) is 5.92 Å². The Morgan fingerprint density at radius 3 is 2.81 bits per heavy atom. The van der Waals surface area contributed by atoms with Gasteiger partial charge in [0, 0.05) is 25.2 Å². The normalized spacial score (nSPS) is 26.5. The largest absolute Gasteiger partial charge is 0.315 e. The van der Waals surface area contributed by atoms with Crippen molar-refractivity contribution in [3.8, 4) is 0 Å². The number of rotatable bonds is 3. The highest BCUT2D eigenvalue weighted by Gasteiger charge is 2.44. The number of hydrogen-bond donors (Lipinski definition) is 1. The van der Waals surface area contributed by atoms with Gasteiger partial charge in [-0.3, -0.25) is 10.1 Å². The van der Waals surface area contributed by atoms with Gasteiger partial charge in [0.1, 0.15) is 0 Å². The van der Waals surface area contributed by atoms with Gasteiger partial charge < -0.3 is 5.32 Å². The Balaban J connectivity index is 2.00. The maximum Gasteiger partial charge on any atom is 0.289 e. The Morgan fingerprint density at radius 2 is 2.05 bits per heavy atom. The monoisotopic (exact) mass is 311 g/mol. The first-order chi connectivity index (χ1) is 10.0. The number of fused-ring (bicyclic) bond motifs is 1. The average Bonchev–Trinajstić information content (AvgIpc) is 2.92. The van der Waals surface area contributed by atoms with Crippen LogP contribution in [0, 0.1) is 16.0 Å². The van der Waals surface area contributed by atoms with Gasteiger partial charge >= 0.3 is 0 Å². The second-order valence-electron chi connectivity index (χ2n) is 5.45. The van der Waals surface area contributed by atoms with Gasteiger partial charge in [0.15, 0.2) is 4.90 Å². The van der Waals surface area contributed by atoms with Crippen molar-refractivity contribution in [2.45, 2.75) is 23.8 Å². The lowest BCUT2D eigenvalue weighted by molar-refractivity contribution is -0.387. The topological polar surface area (TPSA) is 92.5 Å². The molecule has 1 N–H and O–H groups in total. The van der Waals surface area contributed by atoms with Crippen molar-refractivity contribution in [1.29, 1.82) is 0 Å². The van der Waals surface area contributed by atoms with Crippen molar-refractivity contribution in [1.82, 2.24) is 9.62 Å². The maximum absolute atomic E-state index is 12.8. The lowest BCUT2D eigenvalue weighted by atomic mass is 9.94. The van der Waals surface area contributed by atoms with Gasteiger partial charge in [-0.25, -0.2) is 8.42 Å². The Kier molecular flexibility index (Phi) is 3.68. The molecule has 1 aromatic carbocycles.